The molecule has 0 bridgehead atoms. The first-order valence-electron chi connectivity index (χ1n) is 5.46. The third kappa shape index (κ3) is 1.95. The van der Waals surface area contributed by atoms with Gasteiger partial charge in [0.25, 0.3) is 0 Å². The van der Waals surface area contributed by atoms with E-state index in [-0.39, 0.29) is 0 Å². The summed E-state index contributed by atoms with van der Waals surface area (Å²) in [6.07, 6.45) is 1.87. The minimum atomic E-state index is 0.651. The zero-order valence-corrected chi connectivity index (χ0v) is 10.6. The summed E-state index contributed by atoms with van der Waals surface area (Å²) in [6.45, 7) is 2.69. The lowest BCUT2D eigenvalue weighted by Gasteiger charge is -2.16. The average molecular weight is 268 g/mol. The molecule has 5 heteroatoms. The van der Waals surface area contributed by atoms with Gasteiger partial charge in [-0.25, -0.2) is 0 Å². The quantitative estimate of drug-likeness (QED) is 0.861. The Morgan fingerprint density at radius 3 is 2.94 bits per heavy atom. The lowest BCUT2D eigenvalue weighted by Crippen LogP contribution is -2.28. The van der Waals surface area contributed by atoms with E-state index in [4.69, 9.17) is 23.2 Å². The molecule has 1 aliphatic rings. The van der Waals surface area contributed by atoms with Crippen LogP contribution in [0, 0.1) is 0 Å². The van der Waals surface area contributed by atoms with Crippen molar-refractivity contribution in [2.45, 2.75) is 13.1 Å². The SMILES string of the molecule is Clc1ccc(-c2cnn3c2CNCC3)c(Cl)c1. The average Bonchev–Trinajstić information content (AvgIpc) is 2.73. The first-order valence-corrected chi connectivity index (χ1v) is 6.22. The monoisotopic (exact) mass is 267 g/mol. The van der Waals surface area contributed by atoms with E-state index >= 15 is 0 Å². The fourth-order valence-corrected chi connectivity index (χ4v) is 2.62. The van der Waals surface area contributed by atoms with Gasteiger partial charge in [-0.2, -0.15) is 5.10 Å². The molecule has 0 radical (unpaired) electrons. The molecule has 88 valence electrons. The summed E-state index contributed by atoms with van der Waals surface area (Å²) in [4.78, 5) is 0. The Morgan fingerprint density at radius 2 is 2.12 bits per heavy atom. The molecule has 3 rings (SSSR count). The Morgan fingerprint density at radius 1 is 1.24 bits per heavy atom. The normalized spacial score (nSPS) is 14.7. The van der Waals surface area contributed by atoms with Crippen LogP contribution in [0.3, 0.4) is 0 Å². The smallest absolute Gasteiger partial charge is 0.0601 e. The molecule has 1 aliphatic heterocycles. The number of hydrogen-bond donors (Lipinski definition) is 1. The van der Waals surface area contributed by atoms with E-state index in [1.54, 1.807) is 6.07 Å². The van der Waals surface area contributed by atoms with Gasteiger partial charge in [0.1, 0.15) is 0 Å². The Labute approximate surface area is 109 Å². The molecule has 1 N–H and O–H groups in total. The van der Waals surface area contributed by atoms with Gasteiger partial charge in [0.05, 0.1) is 18.4 Å². The Bertz CT molecular complexity index is 563. The number of nitrogens with zero attached hydrogens (tertiary/aromatic N) is 2. The number of aromatic nitrogens is 2. The molecule has 0 spiro atoms. The Hall–Kier alpha value is -1.03. The van der Waals surface area contributed by atoms with Gasteiger partial charge in [0.15, 0.2) is 0 Å². The van der Waals surface area contributed by atoms with Crippen LogP contribution in [-0.2, 0) is 13.1 Å². The summed E-state index contributed by atoms with van der Waals surface area (Å²) in [5.74, 6) is 0. The maximum atomic E-state index is 6.22. The second kappa shape index (κ2) is 4.33. The molecule has 0 fully saturated rings. The van der Waals surface area contributed by atoms with Crippen molar-refractivity contribution < 1.29 is 0 Å². The molecule has 2 aromatic rings. The fraction of sp³-hybridized carbons (Fsp3) is 0.250. The van der Waals surface area contributed by atoms with Gasteiger partial charge in [-0.05, 0) is 12.1 Å². The molecule has 17 heavy (non-hydrogen) atoms. The molecule has 1 aromatic carbocycles. The number of hydrogen-bond acceptors (Lipinski definition) is 2. The van der Waals surface area contributed by atoms with Crippen LogP contribution < -0.4 is 5.32 Å². The maximum Gasteiger partial charge on any atom is 0.0601 e. The molecular weight excluding hydrogens is 257 g/mol. The van der Waals surface area contributed by atoms with Crippen molar-refractivity contribution in [3.63, 3.8) is 0 Å². The van der Waals surface area contributed by atoms with Crippen molar-refractivity contribution in [2.75, 3.05) is 6.54 Å². The molecule has 0 unspecified atom stereocenters. The van der Waals surface area contributed by atoms with Crippen LogP contribution in [0.4, 0.5) is 0 Å². The van der Waals surface area contributed by atoms with Crippen molar-refractivity contribution in [3.05, 3.63) is 40.1 Å². The topological polar surface area (TPSA) is 29.9 Å². The van der Waals surface area contributed by atoms with Crippen LogP contribution in [0.5, 0.6) is 0 Å². The van der Waals surface area contributed by atoms with Crippen molar-refractivity contribution in [1.82, 2.24) is 15.1 Å². The molecule has 3 nitrogen and oxygen atoms in total. The Kier molecular flexibility index (Phi) is 2.82. The first kappa shape index (κ1) is 11.1. The minimum Gasteiger partial charge on any atom is -0.309 e. The lowest BCUT2D eigenvalue weighted by molar-refractivity contribution is 0.476. The molecular formula is C12H11Cl2N3. The van der Waals surface area contributed by atoms with E-state index in [9.17, 15) is 0 Å². The van der Waals surface area contributed by atoms with Gasteiger partial charge in [-0.3, -0.25) is 4.68 Å². The van der Waals surface area contributed by atoms with Crippen molar-refractivity contribution in [1.29, 1.82) is 0 Å². The number of rotatable bonds is 1. The zero-order chi connectivity index (χ0) is 11.8. The van der Waals surface area contributed by atoms with Crippen LogP contribution in [0.15, 0.2) is 24.4 Å². The highest BCUT2D eigenvalue weighted by Crippen LogP contribution is 2.32. The van der Waals surface area contributed by atoms with E-state index in [1.807, 2.05) is 23.0 Å². The molecule has 2 heterocycles. The van der Waals surface area contributed by atoms with Crippen molar-refractivity contribution >= 4 is 23.2 Å². The van der Waals surface area contributed by atoms with Gasteiger partial charge in [0.2, 0.25) is 0 Å². The van der Waals surface area contributed by atoms with Crippen molar-refractivity contribution in [3.8, 4) is 11.1 Å². The highest BCUT2D eigenvalue weighted by atomic mass is 35.5. The van der Waals surface area contributed by atoms with Crippen molar-refractivity contribution in [2.24, 2.45) is 0 Å². The second-order valence-electron chi connectivity index (χ2n) is 4.03. The summed E-state index contributed by atoms with van der Waals surface area (Å²) in [7, 11) is 0. The highest BCUT2D eigenvalue weighted by Gasteiger charge is 2.17. The summed E-state index contributed by atoms with van der Waals surface area (Å²) in [5.41, 5.74) is 3.25. The van der Waals surface area contributed by atoms with E-state index in [1.165, 1.54) is 5.69 Å². The fourth-order valence-electron chi connectivity index (χ4n) is 2.11. The molecule has 0 saturated carbocycles. The molecule has 0 saturated heterocycles. The summed E-state index contributed by atoms with van der Waals surface area (Å²) < 4.78 is 2.02. The van der Waals surface area contributed by atoms with Crippen LogP contribution in [0.25, 0.3) is 11.1 Å². The van der Waals surface area contributed by atoms with Gasteiger partial charge < -0.3 is 5.32 Å². The Balaban J connectivity index is 2.12. The lowest BCUT2D eigenvalue weighted by atomic mass is 10.1. The van der Waals surface area contributed by atoms with Crippen LogP contribution in [0.2, 0.25) is 10.0 Å². The summed E-state index contributed by atoms with van der Waals surface area (Å²) in [6, 6.07) is 5.55. The number of fused-ring (bicyclic) bond motifs is 1. The zero-order valence-electron chi connectivity index (χ0n) is 9.08. The molecule has 0 amide bonds. The van der Waals surface area contributed by atoms with Crippen LogP contribution >= 0.6 is 23.2 Å². The van der Waals surface area contributed by atoms with Gasteiger partial charge in [-0.15, -0.1) is 0 Å². The predicted octanol–water partition coefficient (Wildman–Crippen LogP) is 2.96. The number of benzene rings is 1. The number of nitrogens with one attached hydrogen (secondary N) is 1. The third-order valence-corrected chi connectivity index (χ3v) is 3.51. The molecule has 0 aliphatic carbocycles. The van der Waals surface area contributed by atoms with Gasteiger partial charge in [-0.1, -0.05) is 29.3 Å². The van der Waals surface area contributed by atoms with Gasteiger partial charge in [0, 0.05) is 34.3 Å². The first-order chi connectivity index (χ1) is 8.25. The molecule has 0 atom stereocenters. The second-order valence-corrected chi connectivity index (χ2v) is 4.87. The van der Waals surface area contributed by atoms with E-state index in [2.05, 4.69) is 10.4 Å². The third-order valence-electron chi connectivity index (χ3n) is 2.96. The standard InChI is InChI=1S/C12H11Cl2N3/c13-8-1-2-9(11(14)5-8)10-6-16-17-4-3-15-7-12(10)17/h1-2,5-6,15H,3-4,7H2. The van der Waals surface area contributed by atoms with Gasteiger partial charge >= 0.3 is 0 Å². The predicted molar refractivity (Wildman–Crippen MR) is 69.4 cm³/mol. The van der Waals surface area contributed by atoms with E-state index in [0.29, 0.717) is 10.0 Å². The summed E-state index contributed by atoms with van der Waals surface area (Å²) in [5, 5.41) is 9.04. The highest BCUT2D eigenvalue weighted by molar-refractivity contribution is 6.36. The maximum absolute atomic E-state index is 6.22. The largest absolute Gasteiger partial charge is 0.309 e. The number of halogens is 2. The van der Waals surface area contributed by atoms with Crippen LogP contribution in [0.1, 0.15) is 5.69 Å². The van der Waals surface area contributed by atoms with E-state index < -0.39 is 0 Å². The molecule has 1 aromatic heterocycles. The summed E-state index contributed by atoms with van der Waals surface area (Å²) >= 11 is 12.1. The van der Waals surface area contributed by atoms with Crippen LogP contribution in [-0.4, -0.2) is 16.3 Å². The minimum absolute atomic E-state index is 0.651. The van der Waals surface area contributed by atoms with E-state index in [0.717, 1.165) is 30.8 Å².